The molecule has 2 heteroatoms. The van der Waals surface area contributed by atoms with Crippen LogP contribution in [0.5, 0.6) is 0 Å². The van der Waals surface area contributed by atoms with E-state index in [0.29, 0.717) is 0 Å². The molecule has 0 saturated carbocycles. The van der Waals surface area contributed by atoms with Crippen LogP contribution < -0.4 is 5.73 Å². The summed E-state index contributed by atoms with van der Waals surface area (Å²) in [6.45, 7) is 6.30. The smallest absolute Gasteiger partial charge is 0.0361 e. The van der Waals surface area contributed by atoms with Gasteiger partial charge in [0.1, 0.15) is 0 Å². The quantitative estimate of drug-likeness (QED) is 0.829. The minimum absolute atomic E-state index is 0.129. The molecule has 84 valence electrons. The fourth-order valence-corrected chi connectivity index (χ4v) is 2.82. The highest BCUT2D eigenvalue weighted by Crippen LogP contribution is 2.31. The van der Waals surface area contributed by atoms with Gasteiger partial charge >= 0.3 is 0 Å². The van der Waals surface area contributed by atoms with E-state index < -0.39 is 0 Å². The molecule has 1 atom stereocenters. The molecule has 0 spiro atoms. The van der Waals surface area contributed by atoms with Crippen molar-refractivity contribution in [2.75, 3.05) is 0 Å². The zero-order valence-electron chi connectivity index (χ0n) is 9.95. The van der Waals surface area contributed by atoms with E-state index in [-0.39, 0.29) is 6.04 Å². The largest absolute Gasteiger partial charge is 0.324 e. The molecule has 0 aliphatic rings. The zero-order chi connectivity index (χ0) is 11.7. The summed E-state index contributed by atoms with van der Waals surface area (Å²) in [6, 6.07) is 11.1. The topological polar surface area (TPSA) is 26.0 Å². The van der Waals surface area contributed by atoms with Crippen LogP contribution in [0.4, 0.5) is 0 Å². The maximum Gasteiger partial charge on any atom is 0.0361 e. The van der Waals surface area contributed by atoms with Gasteiger partial charge in [-0.1, -0.05) is 29.3 Å². The third-order valence-electron chi connectivity index (χ3n) is 2.58. The maximum atomic E-state index is 5.88. The van der Waals surface area contributed by atoms with Crippen molar-refractivity contribution < 1.29 is 0 Å². The van der Waals surface area contributed by atoms with Gasteiger partial charge in [0.15, 0.2) is 0 Å². The van der Waals surface area contributed by atoms with Crippen molar-refractivity contribution in [1.82, 2.24) is 0 Å². The summed E-state index contributed by atoms with van der Waals surface area (Å²) < 4.78 is 0. The van der Waals surface area contributed by atoms with Crippen LogP contribution >= 0.6 is 11.3 Å². The summed E-state index contributed by atoms with van der Waals surface area (Å²) in [7, 11) is 0. The average Bonchev–Trinajstić information content (AvgIpc) is 2.64. The molecular formula is C14H17NS. The second kappa shape index (κ2) is 4.40. The Morgan fingerprint density at radius 3 is 2.19 bits per heavy atom. The molecule has 0 bridgehead atoms. The predicted molar refractivity (Wildman–Crippen MR) is 71.8 cm³/mol. The molecule has 16 heavy (non-hydrogen) atoms. The summed E-state index contributed by atoms with van der Waals surface area (Å²) in [4.78, 5) is 2.55. The van der Waals surface area contributed by atoms with Gasteiger partial charge in [-0.05, 0) is 38.5 Å². The Hall–Kier alpha value is -1.12. The molecule has 0 amide bonds. The summed E-state index contributed by atoms with van der Waals surface area (Å²) in [5, 5.41) is 0. The van der Waals surface area contributed by atoms with E-state index in [1.165, 1.54) is 26.4 Å². The first-order valence-electron chi connectivity index (χ1n) is 5.50. The average molecular weight is 231 g/mol. The third kappa shape index (κ3) is 2.34. The lowest BCUT2D eigenvalue weighted by atomic mass is 10.1. The van der Waals surface area contributed by atoms with Gasteiger partial charge in [-0.25, -0.2) is 0 Å². The van der Waals surface area contributed by atoms with Crippen LogP contribution in [0.15, 0.2) is 30.3 Å². The Morgan fingerprint density at radius 2 is 1.69 bits per heavy atom. The second-order valence-corrected chi connectivity index (χ2v) is 5.48. The van der Waals surface area contributed by atoms with E-state index in [1.54, 1.807) is 11.3 Å². The van der Waals surface area contributed by atoms with Crippen LogP contribution in [0.2, 0.25) is 0 Å². The lowest BCUT2D eigenvalue weighted by Crippen LogP contribution is -2.01. The second-order valence-electron chi connectivity index (χ2n) is 4.37. The maximum absolute atomic E-state index is 5.88. The molecule has 2 rings (SSSR count). The number of hydrogen-bond acceptors (Lipinski definition) is 2. The Balaban J connectivity index is 2.42. The summed E-state index contributed by atoms with van der Waals surface area (Å²) in [5.41, 5.74) is 9.80. The van der Waals surface area contributed by atoms with Gasteiger partial charge in [0.25, 0.3) is 0 Å². The third-order valence-corrected chi connectivity index (χ3v) is 3.92. The molecule has 2 N–H and O–H groups in total. The van der Waals surface area contributed by atoms with Gasteiger partial charge in [0.05, 0.1) is 0 Å². The van der Waals surface area contributed by atoms with Gasteiger partial charge < -0.3 is 5.73 Å². The first-order chi connectivity index (χ1) is 7.56. The number of thiophene rings is 1. The van der Waals surface area contributed by atoms with Crippen LogP contribution in [0.25, 0.3) is 10.4 Å². The fraction of sp³-hybridized carbons (Fsp3) is 0.286. The van der Waals surface area contributed by atoms with Crippen LogP contribution in [0.3, 0.4) is 0 Å². The molecule has 2 aromatic rings. The van der Waals surface area contributed by atoms with Crippen molar-refractivity contribution in [3.8, 4) is 10.4 Å². The molecule has 1 unspecified atom stereocenters. The highest BCUT2D eigenvalue weighted by molar-refractivity contribution is 7.15. The first-order valence-corrected chi connectivity index (χ1v) is 6.32. The zero-order valence-corrected chi connectivity index (χ0v) is 10.8. The first kappa shape index (κ1) is 11.4. The van der Waals surface area contributed by atoms with Crippen molar-refractivity contribution in [3.05, 3.63) is 46.3 Å². The summed E-state index contributed by atoms with van der Waals surface area (Å²) in [6.07, 6.45) is 0. The predicted octanol–water partition coefficient (Wildman–Crippen LogP) is 4.05. The van der Waals surface area contributed by atoms with E-state index >= 15 is 0 Å². The highest BCUT2D eigenvalue weighted by Gasteiger charge is 2.06. The SMILES string of the molecule is Cc1cc(C)cc(-c2ccc(C(C)N)s2)c1. The number of rotatable bonds is 2. The minimum atomic E-state index is 0.129. The molecule has 1 aromatic carbocycles. The number of aryl methyl sites for hydroxylation is 2. The minimum Gasteiger partial charge on any atom is -0.324 e. The lowest BCUT2D eigenvalue weighted by molar-refractivity contribution is 0.838. The highest BCUT2D eigenvalue weighted by atomic mass is 32.1. The lowest BCUT2D eigenvalue weighted by Gasteiger charge is -2.03. The fourth-order valence-electron chi connectivity index (χ4n) is 1.87. The molecule has 1 nitrogen and oxygen atoms in total. The van der Waals surface area contributed by atoms with E-state index in [9.17, 15) is 0 Å². The Labute approximate surface area is 101 Å². The standard InChI is InChI=1S/C14H17NS/c1-9-6-10(2)8-12(7-9)14-5-4-13(16-14)11(3)15/h4-8,11H,15H2,1-3H3. The van der Waals surface area contributed by atoms with Gasteiger partial charge in [0, 0.05) is 15.8 Å². The molecule has 0 aliphatic heterocycles. The van der Waals surface area contributed by atoms with E-state index in [0.717, 1.165) is 0 Å². The molecule has 0 aliphatic carbocycles. The summed E-state index contributed by atoms with van der Waals surface area (Å²) >= 11 is 1.79. The number of nitrogens with two attached hydrogens (primary N) is 1. The Bertz CT molecular complexity index is 477. The van der Waals surface area contributed by atoms with Crippen molar-refractivity contribution >= 4 is 11.3 Å². The van der Waals surface area contributed by atoms with Gasteiger partial charge in [-0.3, -0.25) is 0 Å². The van der Waals surface area contributed by atoms with Gasteiger partial charge in [0.2, 0.25) is 0 Å². The monoisotopic (exact) mass is 231 g/mol. The number of hydrogen-bond donors (Lipinski definition) is 1. The molecular weight excluding hydrogens is 214 g/mol. The normalized spacial score (nSPS) is 12.8. The van der Waals surface area contributed by atoms with Crippen molar-refractivity contribution in [3.63, 3.8) is 0 Å². The van der Waals surface area contributed by atoms with E-state index in [1.807, 2.05) is 6.92 Å². The van der Waals surface area contributed by atoms with Crippen LogP contribution in [0, 0.1) is 13.8 Å². The molecule has 1 aromatic heterocycles. The van der Waals surface area contributed by atoms with Crippen LogP contribution in [-0.2, 0) is 0 Å². The number of benzene rings is 1. The van der Waals surface area contributed by atoms with Crippen LogP contribution in [-0.4, -0.2) is 0 Å². The van der Waals surface area contributed by atoms with Crippen molar-refractivity contribution in [1.29, 1.82) is 0 Å². The van der Waals surface area contributed by atoms with E-state index in [2.05, 4.69) is 44.2 Å². The van der Waals surface area contributed by atoms with Gasteiger partial charge in [-0.15, -0.1) is 11.3 Å². The molecule has 0 fully saturated rings. The van der Waals surface area contributed by atoms with E-state index in [4.69, 9.17) is 5.73 Å². The van der Waals surface area contributed by atoms with Crippen LogP contribution in [0.1, 0.15) is 29.0 Å². The van der Waals surface area contributed by atoms with Crippen molar-refractivity contribution in [2.24, 2.45) is 5.73 Å². The molecule has 1 heterocycles. The molecule has 0 saturated heterocycles. The summed E-state index contributed by atoms with van der Waals surface area (Å²) in [5.74, 6) is 0. The van der Waals surface area contributed by atoms with Crippen molar-refractivity contribution in [2.45, 2.75) is 26.8 Å². The Morgan fingerprint density at radius 1 is 1.06 bits per heavy atom. The van der Waals surface area contributed by atoms with Gasteiger partial charge in [-0.2, -0.15) is 0 Å². The molecule has 0 radical (unpaired) electrons. The Kier molecular flexibility index (Phi) is 3.13.